The van der Waals surface area contributed by atoms with Crippen molar-refractivity contribution in [2.24, 2.45) is 0 Å². The molecule has 4 nitrogen and oxygen atoms in total. The van der Waals surface area contributed by atoms with Gasteiger partial charge in [-0.1, -0.05) is 11.6 Å². The second-order valence-corrected chi connectivity index (χ2v) is 6.16. The number of hydrogen-bond acceptors (Lipinski definition) is 4. The Morgan fingerprint density at radius 2 is 1.95 bits per heavy atom. The third-order valence-electron chi connectivity index (χ3n) is 2.32. The lowest BCUT2D eigenvalue weighted by Crippen LogP contribution is -2.15. The summed E-state index contributed by atoms with van der Waals surface area (Å²) in [6, 6.07) is 8.74. The highest BCUT2D eigenvalue weighted by Gasteiger charge is 2.13. The van der Waals surface area contributed by atoms with Crippen LogP contribution < -0.4 is 5.32 Å². The molecule has 0 atom stereocenters. The Bertz CT molecular complexity index is 625. The molecule has 0 spiro atoms. The number of nitrogens with one attached hydrogen (secondary N) is 1. The Hall–Kier alpha value is -1.50. The number of carboxylic acid groups (broad SMARTS) is 1. The van der Waals surface area contributed by atoms with Crippen LogP contribution >= 0.6 is 34.7 Å². The third-order valence-corrected chi connectivity index (χ3v) is 4.48. The van der Waals surface area contributed by atoms with Crippen LogP contribution in [0.25, 0.3) is 0 Å². The average Bonchev–Trinajstić information content (AvgIpc) is 2.86. The summed E-state index contributed by atoms with van der Waals surface area (Å²) >= 11 is 8.21. The Kier molecular flexibility index (Phi) is 5.05. The Morgan fingerprint density at radius 3 is 2.60 bits per heavy atom. The minimum atomic E-state index is -1.04. The number of benzene rings is 1. The minimum Gasteiger partial charge on any atom is -0.477 e. The van der Waals surface area contributed by atoms with E-state index in [-0.39, 0.29) is 16.5 Å². The van der Waals surface area contributed by atoms with Crippen LogP contribution in [-0.4, -0.2) is 22.7 Å². The summed E-state index contributed by atoms with van der Waals surface area (Å²) in [4.78, 5) is 23.8. The van der Waals surface area contributed by atoms with Gasteiger partial charge in [-0.3, -0.25) is 4.79 Å². The molecule has 2 aromatic rings. The number of halogens is 1. The maximum atomic E-state index is 11.8. The molecule has 0 unspecified atom stereocenters. The number of amides is 1. The van der Waals surface area contributed by atoms with Gasteiger partial charge in [0.2, 0.25) is 5.91 Å². The average molecular weight is 328 g/mol. The first-order valence-corrected chi connectivity index (χ1v) is 7.79. The molecule has 0 saturated carbocycles. The number of carbonyl (C=O) groups excluding carboxylic acids is 1. The van der Waals surface area contributed by atoms with E-state index in [9.17, 15) is 9.59 Å². The van der Waals surface area contributed by atoms with Crippen molar-refractivity contribution in [3.05, 3.63) is 45.6 Å². The van der Waals surface area contributed by atoms with Crippen molar-refractivity contribution in [3.8, 4) is 0 Å². The van der Waals surface area contributed by atoms with Crippen LogP contribution in [0.1, 0.15) is 9.67 Å². The van der Waals surface area contributed by atoms with Gasteiger partial charge in [-0.25, -0.2) is 4.79 Å². The van der Waals surface area contributed by atoms with Gasteiger partial charge in [0.1, 0.15) is 4.88 Å². The lowest BCUT2D eigenvalue weighted by molar-refractivity contribution is -0.113. The molecule has 1 amide bonds. The first kappa shape index (κ1) is 14.9. The van der Waals surface area contributed by atoms with Crippen molar-refractivity contribution in [1.82, 2.24) is 0 Å². The smallest absolute Gasteiger partial charge is 0.348 e. The topological polar surface area (TPSA) is 66.4 Å². The standard InChI is InChI=1S/C13H10ClNO3S2/c14-8-1-3-9(4-2-8)20-7-11(16)15-10-5-6-19-12(10)13(17)18/h1-6H,7H2,(H,15,16)(H,17,18). The van der Waals surface area contributed by atoms with E-state index in [1.807, 2.05) is 12.1 Å². The summed E-state index contributed by atoms with van der Waals surface area (Å²) in [6.07, 6.45) is 0. The Balaban J connectivity index is 1.91. The molecule has 0 aliphatic heterocycles. The molecule has 1 aromatic carbocycles. The second-order valence-electron chi connectivity index (χ2n) is 3.76. The van der Waals surface area contributed by atoms with Crippen molar-refractivity contribution in [1.29, 1.82) is 0 Å². The maximum Gasteiger partial charge on any atom is 0.348 e. The van der Waals surface area contributed by atoms with Crippen molar-refractivity contribution in [2.45, 2.75) is 4.90 Å². The molecule has 0 aliphatic rings. The lowest BCUT2D eigenvalue weighted by Gasteiger charge is -2.04. The number of rotatable bonds is 5. The van der Waals surface area contributed by atoms with Gasteiger partial charge in [0, 0.05) is 9.92 Å². The molecule has 1 heterocycles. The summed E-state index contributed by atoms with van der Waals surface area (Å²) in [5.74, 6) is -1.08. The fourth-order valence-corrected chi connectivity index (χ4v) is 2.95. The molecule has 0 saturated heterocycles. The number of carbonyl (C=O) groups is 2. The highest BCUT2D eigenvalue weighted by molar-refractivity contribution is 8.00. The molecule has 0 aliphatic carbocycles. The zero-order chi connectivity index (χ0) is 14.5. The molecule has 2 N–H and O–H groups in total. The van der Waals surface area contributed by atoms with Gasteiger partial charge in [-0.05, 0) is 35.7 Å². The number of hydrogen-bond donors (Lipinski definition) is 2. The van der Waals surface area contributed by atoms with Gasteiger partial charge in [0.15, 0.2) is 0 Å². The number of aromatic carboxylic acids is 1. The molecular weight excluding hydrogens is 318 g/mol. The van der Waals surface area contributed by atoms with Gasteiger partial charge >= 0.3 is 5.97 Å². The van der Waals surface area contributed by atoms with Crippen LogP contribution in [0.15, 0.2) is 40.6 Å². The molecule has 0 bridgehead atoms. The molecule has 104 valence electrons. The predicted octanol–water partition coefficient (Wildman–Crippen LogP) is 3.83. The van der Waals surface area contributed by atoms with E-state index in [0.29, 0.717) is 10.7 Å². The zero-order valence-electron chi connectivity index (χ0n) is 10.1. The van der Waals surface area contributed by atoms with Crippen LogP contribution in [0, 0.1) is 0 Å². The summed E-state index contributed by atoms with van der Waals surface area (Å²) in [5.41, 5.74) is 0.337. The Morgan fingerprint density at radius 1 is 1.25 bits per heavy atom. The number of thioether (sulfide) groups is 1. The van der Waals surface area contributed by atoms with E-state index in [4.69, 9.17) is 16.7 Å². The van der Waals surface area contributed by atoms with Gasteiger partial charge in [0.25, 0.3) is 0 Å². The first-order valence-electron chi connectivity index (χ1n) is 5.55. The molecule has 1 aromatic heterocycles. The third kappa shape index (κ3) is 4.00. The van der Waals surface area contributed by atoms with E-state index < -0.39 is 5.97 Å². The van der Waals surface area contributed by atoms with Crippen molar-refractivity contribution >= 4 is 52.3 Å². The number of anilines is 1. The fourth-order valence-electron chi connectivity index (χ4n) is 1.44. The van der Waals surface area contributed by atoms with Gasteiger partial charge < -0.3 is 10.4 Å². The van der Waals surface area contributed by atoms with Crippen LogP contribution in [0.4, 0.5) is 5.69 Å². The van der Waals surface area contributed by atoms with Gasteiger partial charge in [0.05, 0.1) is 11.4 Å². The molecular formula is C13H10ClNO3S2. The highest BCUT2D eigenvalue weighted by Crippen LogP contribution is 2.24. The van der Waals surface area contributed by atoms with E-state index in [1.165, 1.54) is 11.8 Å². The molecule has 20 heavy (non-hydrogen) atoms. The largest absolute Gasteiger partial charge is 0.477 e. The summed E-state index contributed by atoms with van der Waals surface area (Å²) in [6.45, 7) is 0. The Labute approximate surface area is 128 Å². The summed E-state index contributed by atoms with van der Waals surface area (Å²) < 4.78 is 0. The van der Waals surface area contributed by atoms with Crippen molar-refractivity contribution < 1.29 is 14.7 Å². The van der Waals surface area contributed by atoms with Crippen LogP contribution in [0.2, 0.25) is 5.02 Å². The summed E-state index contributed by atoms with van der Waals surface area (Å²) in [7, 11) is 0. The van der Waals surface area contributed by atoms with Crippen molar-refractivity contribution in [3.63, 3.8) is 0 Å². The lowest BCUT2D eigenvalue weighted by atomic mass is 10.4. The number of thiophene rings is 1. The van der Waals surface area contributed by atoms with Crippen molar-refractivity contribution in [2.75, 3.05) is 11.1 Å². The van der Waals surface area contributed by atoms with Gasteiger partial charge in [-0.2, -0.15) is 0 Å². The maximum absolute atomic E-state index is 11.8. The molecule has 7 heteroatoms. The second kappa shape index (κ2) is 6.78. The van der Waals surface area contributed by atoms with E-state index in [1.54, 1.807) is 23.6 Å². The predicted molar refractivity (Wildman–Crippen MR) is 82.1 cm³/mol. The van der Waals surface area contributed by atoms with E-state index in [0.717, 1.165) is 16.2 Å². The minimum absolute atomic E-state index is 0.134. The van der Waals surface area contributed by atoms with Crippen LogP contribution in [0.5, 0.6) is 0 Å². The quantitative estimate of drug-likeness (QED) is 0.819. The van der Waals surface area contributed by atoms with Crippen LogP contribution in [-0.2, 0) is 4.79 Å². The summed E-state index contributed by atoms with van der Waals surface area (Å²) in [5, 5.41) is 13.8. The monoisotopic (exact) mass is 327 g/mol. The van der Waals surface area contributed by atoms with E-state index in [2.05, 4.69) is 5.32 Å². The zero-order valence-corrected chi connectivity index (χ0v) is 12.5. The molecule has 2 rings (SSSR count). The van der Waals surface area contributed by atoms with Gasteiger partial charge in [-0.15, -0.1) is 23.1 Å². The fraction of sp³-hybridized carbons (Fsp3) is 0.0769. The highest BCUT2D eigenvalue weighted by atomic mass is 35.5. The van der Waals surface area contributed by atoms with Crippen LogP contribution in [0.3, 0.4) is 0 Å². The number of carboxylic acids is 1. The molecule has 0 fully saturated rings. The van der Waals surface area contributed by atoms with E-state index >= 15 is 0 Å². The SMILES string of the molecule is O=C(CSc1ccc(Cl)cc1)Nc1ccsc1C(=O)O. The normalized spacial score (nSPS) is 10.2. The molecule has 0 radical (unpaired) electrons. The first-order chi connectivity index (χ1) is 9.56.